The van der Waals surface area contributed by atoms with Crippen LogP contribution in [-0.2, 0) is 113 Å². The Kier molecular flexibility index (Phi) is 29.8. The van der Waals surface area contributed by atoms with E-state index in [2.05, 4.69) is 88.6 Å². The number of anilines is 2. The van der Waals surface area contributed by atoms with Gasteiger partial charge in [-0.25, -0.2) is 27.4 Å². The van der Waals surface area contributed by atoms with Gasteiger partial charge in [0.2, 0.25) is 0 Å². The molecule has 0 unspecified atom stereocenters. The summed E-state index contributed by atoms with van der Waals surface area (Å²) in [5.74, 6) is -3.86. The lowest BCUT2D eigenvalue weighted by Crippen LogP contribution is -2.17. The molecule has 572 valence electrons. The number of azo groups is 4. The van der Waals surface area contributed by atoms with Crippen LogP contribution in [-0.4, -0.2) is 138 Å². The van der Waals surface area contributed by atoms with Gasteiger partial charge < -0.3 is 37.4 Å². The number of aromatic hydroxyl groups is 2. The maximum atomic E-state index is 13.5. The highest BCUT2D eigenvalue weighted by Gasteiger charge is 2.30. The third-order valence-electron chi connectivity index (χ3n) is 12.7. The van der Waals surface area contributed by atoms with E-state index in [-0.39, 0.29) is 82.3 Å². The Bertz CT molecular complexity index is 5810. The highest BCUT2D eigenvalue weighted by Crippen LogP contribution is 2.52. The van der Waals surface area contributed by atoms with Crippen molar-refractivity contribution in [2.45, 2.75) is 44.1 Å². The molecule has 8 aromatic carbocycles. The fourth-order valence-corrected chi connectivity index (χ4v) is 14.8. The highest BCUT2D eigenvalue weighted by molar-refractivity contribution is 8.04. The van der Waals surface area contributed by atoms with Crippen molar-refractivity contribution in [1.29, 1.82) is 0 Å². The van der Waals surface area contributed by atoms with Crippen molar-refractivity contribution in [3.05, 3.63) is 115 Å². The maximum absolute atomic E-state index is 13.5. The first kappa shape index (κ1) is 86.9. The van der Waals surface area contributed by atoms with E-state index in [0.29, 0.717) is 40.0 Å². The quantitative estimate of drug-likeness (QED) is 0.00222. The molecule has 0 spiro atoms. The molecule has 0 radical (unpaired) electrons. The van der Waals surface area contributed by atoms with E-state index < -0.39 is 160 Å². The van der Waals surface area contributed by atoms with Crippen molar-refractivity contribution >= 4 is 197 Å². The summed E-state index contributed by atoms with van der Waals surface area (Å²) in [5, 5.41) is 83.0. The standard InChI is InChI=1S/C52H40N10O32S11.2H2O/c53-45-43-28(23-38(97-91-89-65)47(45)59-55-30-1-7-33(8-2-30)95-19-15-87-93-104(80,81)82)25-41(102(74,75)76)49(51(43)63)61-57-32-5-11-35(12-6-32)99(67,68)21-17-86-18-22-100(69,70)36-13-14-37(40(27-36)101(71,72)73)58-62-50-42(103(77,78)79)26-29-24-39(98-92-90-66)48(46(54)44(29)52(50)64)60-56-31-3-9-34(10-4-31)96-20-16-88-94-105(83,84)85;;/h1-14,23-27,63-66H,17-18,21-22,53-54H2,(H,71,72,73)(H,74,75,76)(H,77,78,79)(H,80,81,82)(H,83,84,85);2*1H2. The summed E-state index contributed by atoms with van der Waals surface area (Å²) < 4.78 is 242. The Balaban J connectivity index is 0.00000896. The summed E-state index contributed by atoms with van der Waals surface area (Å²) in [4.78, 5) is 4.08. The van der Waals surface area contributed by atoms with Crippen molar-refractivity contribution in [3.63, 3.8) is 0 Å². The second-order valence-electron chi connectivity index (χ2n) is 19.4. The monoisotopic (exact) mass is 1700 g/mol. The number of ether oxygens (including phenoxy) is 1. The van der Waals surface area contributed by atoms with Gasteiger partial charge >= 0.3 is 20.8 Å². The van der Waals surface area contributed by atoms with Gasteiger partial charge in [0, 0.05) is 20.3 Å². The lowest BCUT2D eigenvalue weighted by atomic mass is 10.1. The summed E-state index contributed by atoms with van der Waals surface area (Å²) in [6.45, 7) is -1.36. The summed E-state index contributed by atoms with van der Waals surface area (Å²) in [6, 6.07) is 21.5. The second kappa shape index (κ2) is 36.7. The molecule has 8 rings (SSSR count). The summed E-state index contributed by atoms with van der Waals surface area (Å²) in [6.07, 6.45) is 3.72. The van der Waals surface area contributed by atoms with Crippen LogP contribution in [0.15, 0.2) is 200 Å². The predicted molar refractivity (Wildman–Crippen MR) is 370 cm³/mol. The number of rotatable bonds is 31. The van der Waals surface area contributed by atoms with Gasteiger partial charge in [-0.1, -0.05) is 10.1 Å². The van der Waals surface area contributed by atoms with Crippen molar-refractivity contribution in [2.24, 2.45) is 40.9 Å². The van der Waals surface area contributed by atoms with Crippen LogP contribution >= 0.6 is 47.6 Å². The minimum Gasteiger partial charge on any atom is -0.505 e. The van der Waals surface area contributed by atoms with E-state index >= 15 is 0 Å². The number of nitrogens with two attached hydrogens (primary N) is 2. The van der Waals surface area contributed by atoms with Crippen molar-refractivity contribution in [2.75, 3.05) is 36.2 Å². The Hall–Kier alpha value is -8.99. The number of hydrogen-bond acceptors (Lipinski definition) is 41. The van der Waals surface area contributed by atoms with Crippen LogP contribution < -0.4 is 11.5 Å². The van der Waals surface area contributed by atoms with Crippen LogP contribution in [0.4, 0.5) is 56.9 Å². The van der Waals surface area contributed by atoms with E-state index in [1.807, 2.05) is 12.2 Å². The molecular formula is C52H44N10O34S11. The number of thioether (sulfide) groups is 2. The first-order chi connectivity index (χ1) is 49.3. The third kappa shape index (κ3) is 23.8. The summed E-state index contributed by atoms with van der Waals surface area (Å²) in [7, 11) is -34.8. The molecule has 0 aliphatic heterocycles. The number of fused-ring (bicyclic) bond motifs is 2. The van der Waals surface area contributed by atoms with Crippen molar-refractivity contribution < 1.29 is 155 Å². The number of hydrogen-bond donors (Lipinski definition) is 11. The Morgan fingerprint density at radius 1 is 0.421 bits per heavy atom. The summed E-state index contributed by atoms with van der Waals surface area (Å²) >= 11 is 2.19. The zero-order valence-corrected chi connectivity index (χ0v) is 60.9. The number of benzene rings is 8. The average molecular weight is 1710 g/mol. The van der Waals surface area contributed by atoms with Gasteiger partial charge in [0.1, 0.15) is 43.1 Å². The molecule has 0 saturated heterocycles. The Morgan fingerprint density at radius 3 is 1.15 bits per heavy atom. The molecule has 55 heteroatoms. The molecule has 0 aromatic heterocycles. The van der Waals surface area contributed by atoms with Gasteiger partial charge in [0.25, 0.3) is 30.4 Å². The predicted octanol–water partition coefficient (Wildman–Crippen LogP) is 8.96. The lowest BCUT2D eigenvalue weighted by molar-refractivity contribution is -0.432. The molecule has 17 N–H and O–H groups in total. The van der Waals surface area contributed by atoms with Gasteiger partial charge in [-0.15, -0.1) is 34.2 Å². The van der Waals surface area contributed by atoms with Crippen molar-refractivity contribution in [3.8, 4) is 34.2 Å². The Morgan fingerprint density at radius 2 is 0.776 bits per heavy atom. The fourth-order valence-electron chi connectivity index (χ4n) is 8.32. The normalized spacial score (nSPS) is 12.5. The van der Waals surface area contributed by atoms with Gasteiger partial charge in [-0.05, 0) is 158 Å². The molecule has 0 heterocycles. The lowest BCUT2D eigenvalue weighted by Gasteiger charge is -2.14. The van der Waals surface area contributed by atoms with E-state index in [9.17, 15) is 82.8 Å². The SMILES string of the molecule is Nc1c(N=Nc2ccc(SC#COOS(=O)(=O)O)cc2)c(SOOO)cc2cc(S(=O)(=O)O)c(N=Nc3ccc(S(=O)(=O)CCOCCS(=O)(=O)c4ccc(N=Nc5c(S(=O)(=O)O)cc6cc(SOOO)c(N=Nc7ccc(SC#COOS(=O)(=O)O)cc7)c(N)c6c5O)c(S(=O)(=O)O)c4)cc3)c(O)c12.O.O. The average Bonchev–Trinajstić information content (AvgIpc) is 0.746. The number of phenolic OH excluding ortho intramolecular Hbond substituents is 2. The number of nitrogens with zero attached hydrogens (tertiary/aromatic N) is 8. The topological polar surface area (TPSA) is 718 Å². The minimum atomic E-state index is -5.46. The molecule has 44 nitrogen and oxygen atoms in total. The van der Waals surface area contributed by atoms with Crippen LogP contribution in [0.2, 0.25) is 0 Å². The van der Waals surface area contributed by atoms with E-state index in [1.165, 1.54) is 48.5 Å². The molecule has 107 heavy (non-hydrogen) atoms. The number of phenols is 2. The molecule has 0 aliphatic carbocycles. The van der Waals surface area contributed by atoms with Crippen LogP contribution in [0.3, 0.4) is 0 Å². The molecule has 0 saturated carbocycles. The first-order valence-corrected chi connectivity index (χ1v) is 40.3. The molecular weight excluding hydrogens is 1660 g/mol. The zero-order valence-electron chi connectivity index (χ0n) is 51.9. The smallest absolute Gasteiger partial charge is 0.433 e. The molecule has 0 atom stereocenters. The first-order valence-electron chi connectivity index (χ1n) is 26.9. The largest absolute Gasteiger partial charge is 0.505 e. The van der Waals surface area contributed by atoms with Gasteiger partial charge in [0.15, 0.2) is 43.4 Å². The summed E-state index contributed by atoms with van der Waals surface area (Å²) in [5.41, 5.74) is 8.61. The molecule has 0 fully saturated rings. The second-order valence-corrected chi connectivity index (χ2v) is 33.0. The van der Waals surface area contributed by atoms with Gasteiger partial charge in [-0.2, -0.15) is 57.4 Å². The highest BCUT2D eigenvalue weighted by atomic mass is 32.3. The minimum absolute atomic E-state index is 0. The maximum Gasteiger partial charge on any atom is 0.433 e. The van der Waals surface area contributed by atoms with E-state index in [4.69, 9.17) is 35.8 Å². The molecule has 0 amide bonds. The van der Waals surface area contributed by atoms with E-state index in [1.54, 1.807) is 0 Å². The number of nitrogen functional groups attached to an aromatic ring is 2. The van der Waals surface area contributed by atoms with Gasteiger partial charge in [-0.3, -0.25) is 32.5 Å². The zero-order chi connectivity index (χ0) is 76.9. The van der Waals surface area contributed by atoms with Crippen LogP contribution in [0.5, 0.6) is 11.5 Å². The molecule has 0 bridgehead atoms. The van der Waals surface area contributed by atoms with Gasteiger partial charge in [0.05, 0.1) is 108 Å². The molecule has 8 aromatic rings. The Labute approximate surface area is 618 Å². The van der Waals surface area contributed by atoms with Crippen LogP contribution in [0.1, 0.15) is 0 Å². The fraction of sp³-hybridized carbons (Fsp3) is 0.0769. The van der Waals surface area contributed by atoms with Crippen molar-refractivity contribution in [1.82, 2.24) is 0 Å². The third-order valence-corrected chi connectivity index (χ3v) is 21.8. The molecule has 0 aliphatic rings. The van der Waals surface area contributed by atoms with E-state index in [0.717, 1.165) is 72.1 Å². The van der Waals surface area contributed by atoms with Crippen LogP contribution in [0.25, 0.3) is 21.5 Å². The number of sulfone groups is 2. The van der Waals surface area contributed by atoms with Crippen LogP contribution in [0, 0.1) is 22.7 Å².